The minimum Gasteiger partial charge on any atom is -0.469 e. The van der Waals surface area contributed by atoms with Crippen LogP contribution in [0.5, 0.6) is 0 Å². The number of fused-ring (bicyclic) bond motifs is 1. The van der Waals surface area contributed by atoms with Crippen molar-refractivity contribution >= 4 is 33.2 Å². The van der Waals surface area contributed by atoms with Gasteiger partial charge in [0.1, 0.15) is 5.76 Å². The van der Waals surface area contributed by atoms with Gasteiger partial charge in [-0.25, -0.2) is 13.1 Å². The van der Waals surface area contributed by atoms with E-state index in [9.17, 15) is 8.42 Å². The van der Waals surface area contributed by atoms with Crippen LogP contribution in [0.4, 0.5) is 0 Å². The van der Waals surface area contributed by atoms with Crippen LogP contribution in [0, 0.1) is 0 Å². The normalized spacial score (nSPS) is 12.7. The fourth-order valence-electron chi connectivity index (χ4n) is 2.59. The molecule has 0 saturated heterocycles. The average Bonchev–Trinajstić information content (AvgIpc) is 3.11. The quantitative estimate of drug-likeness (QED) is 0.573. The smallest absolute Gasteiger partial charge is 0.240 e. The van der Waals surface area contributed by atoms with Crippen molar-refractivity contribution in [3.63, 3.8) is 0 Å². The molecule has 2 heterocycles. The van der Waals surface area contributed by atoms with E-state index in [1.807, 2.05) is 19.1 Å². The molecular weight excluding hydrogens is 374 g/mol. The average molecular weight is 396 g/mol. The second-order valence-electron chi connectivity index (χ2n) is 5.94. The van der Waals surface area contributed by atoms with E-state index in [0.717, 1.165) is 29.5 Å². The summed E-state index contributed by atoms with van der Waals surface area (Å²) < 4.78 is 33.0. The Morgan fingerprint density at radius 2 is 2.04 bits per heavy atom. The molecule has 0 radical (unpaired) electrons. The molecule has 26 heavy (non-hydrogen) atoms. The highest BCUT2D eigenvalue weighted by Crippen LogP contribution is 2.18. The lowest BCUT2D eigenvalue weighted by Crippen LogP contribution is -2.40. The highest BCUT2D eigenvalue weighted by atomic mass is 35.5. The fourth-order valence-corrected chi connectivity index (χ4v) is 3.87. The van der Waals surface area contributed by atoms with Gasteiger partial charge in [-0.15, -0.1) is 12.4 Å². The number of aromatic nitrogens is 1. The van der Waals surface area contributed by atoms with Crippen molar-refractivity contribution in [2.24, 2.45) is 0 Å². The molecule has 140 valence electrons. The number of hydrogen-bond acceptors (Lipinski definition) is 5. The summed E-state index contributed by atoms with van der Waals surface area (Å²) in [4.78, 5) is 4.29. The van der Waals surface area contributed by atoms with Crippen LogP contribution in [-0.2, 0) is 16.4 Å². The second kappa shape index (κ2) is 9.14. The minimum atomic E-state index is -3.56. The molecule has 3 aromatic rings. The predicted octanol–water partition coefficient (Wildman–Crippen LogP) is 2.75. The summed E-state index contributed by atoms with van der Waals surface area (Å²) in [7, 11) is -3.56. The lowest BCUT2D eigenvalue weighted by Gasteiger charge is -2.15. The highest BCUT2D eigenvalue weighted by Gasteiger charge is 2.17. The number of rotatable bonds is 8. The Bertz CT molecular complexity index is 930. The van der Waals surface area contributed by atoms with Gasteiger partial charge in [0.2, 0.25) is 10.0 Å². The number of nitrogens with zero attached hydrogens (tertiary/aromatic N) is 1. The largest absolute Gasteiger partial charge is 0.469 e. The fraction of sp³-hybridized carbons (Fsp3) is 0.278. The van der Waals surface area contributed by atoms with Crippen LogP contribution in [0.3, 0.4) is 0 Å². The number of hydrogen-bond donors (Lipinski definition) is 2. The predicted molar refractivity (Wildman–Crippen MR) is 104 cm³/mol. The van der Waals surface area contributed by atoms with Crippen molar-refractivity contribution in [3.05, 3.63) is 60.8 Å². The topological polar surface area (TPSA) is 84.2 Å². The van der Waals surface area contributed by atoms with Crippen molar-refractivity contribution in [1.29, 1.82) is 0 Å². The molecule has 0 spiro atoms. The number of furan rings is 1. The maximum absolute atomic E-state index is 12.5. The minimum absolute atomic E-state index is 0. The Hall–Kier alpha value is -1.93. The number of benzene rings is 1. The molecule has 0 aliphatic heterocycles. The van der Waals surface area contributed by atoms with Gasteiger partial charge in [0.15, 0.2) is 0 Å². The first-order chi connectivity index (χ1) is 12.0. The van der Waals surface area contributed by atoms with Crippen molar-refractivity contribution in [2.75, 3.05) is 13.1 Å². The zero-order valence-electron chi connectivity index (χ0n) is 14.4. The van der Waals surface area contributed by atoms with E-state index >= 15 is 0 Å². The lowest BCUT2D eigenvalue weighted by molar-refractivity contribution is 0.489. The van der Waals surface area contributed by atoms with E-state index < -0.39 is 10.0 Å². The maximum Gasteiger partial charge on any atom is 0.240 e. The van der Waals surface area contributed by atoms with Gasteiger partial charge in [0.25, 0.3) is 0 Å². The van der Waals surface area contributed by atoms with Crippen LogP contribution in [0.1, 0.15) is 12.7 Å². The van der Waals surface area contributed by atoms with E-state index in [-0.39, 0.29) is 23.3 Å². The molecule has 0 bridgehead atoms. The Morgan fingerprint density at radius 3 is 2.81 bits per heavy atom. The van der Waals surface area contributed by atoms with E-state index in [1.165, 1.54) is 0 Å². The highest BCUT2D eigenvalue weighted by molar-refractivity contribution is 7.89. The first-order valence-corrected chi connectivity index (χ1v) is 9.62. The molecule has 1 unspecified atom stereocenters. The Morgan fingerprint density at radius 1 is 1.19 bits per heavy atom. The van der Waals surface area contributed by atoms with Crippen molar-refractivity contribution in [3.8, 4) is 0 Å². The molecular formula is C18H22ClN3O3S. The summed E-state index contributed by atoms with van der Waals surface area (Å²) in [5.74, 6) is 0.909. The third-order valence-electron chi connectivity index (χ3n) is 3.86. The second-order valence-corrected chi connectivity index (χ2v) is 7.65. The summed E-state index contributed by atoms with van der Waals surface area (Å²) >= 11 is 0. The molecule has 2 aromatic heterocycles. The summed E-state index contributed by atoms with van der Waals surface area (Å²) in [6.45, 7) is 3.10. The third-order valence-corrected chi connectivity index (χ3v) is 5.44. The lowest BCUT2D eigenvalue weighted by atomic mass is 10.2. The first kappa shape index (κ1) is 20.4. The number of halogens is 1. The molecule has 1 atom stereocenters. The van der Waals surface area contributed by atoms with Gasteiger partial charge in [-0.3, -0.25) is 4.98 Å². The molecule has 2 N–H and O–H groups in total. The van der Waals surface area contributed by atoms with Gasteiger partial charge in [-0.05, 0) is 42.6 Å². The first-order valence-electron chi connectivity index (χ1n) is 8.14. The zero-order valence-corrected chi connectivity index (χ0v) is 16.0. The van der Waals surface area contributed by atoms with Crippen LogP contribution in [-0.4, -0.2) is 32.5 Å². The Kier molecular flexibility index (Phi) is 7.16. The van der Waals surface area contributed by atoms with E-state index in [2.05, 4.69) is 15.0 Å². The molecule has 3 rings (SSSR count). The standard InChI is InChI=1S/C18H21N3O3S.ClH/c1-14(12-19-9-7-17-3-2-10-24-17)21-25(22,23)18-5-4-16-13-20-8-6-15(16)11-18;/h2-6,8,10-11,13-14,19,21H,7,9,12H2,1H3;1H. The number of sulfonamides is 1. The van der Waals surface area contributed by atoms with E-state index in [0.29, 0.717) is 6.54 Å². The van der Waals surface area contributed by atoms with Gasteiger partial charge in [-0.1, -0.05) is 6.07 Å². The summed E-state index contributed by atoms with van der Waals surface area (Å²) in [5.41, 5.74) is 0. The molecule has 0 aliphatic rings. The van der Waals surface area contributed by atoms with Crippen molar-refractivity contribution in [2.45, 2.75) is 24.3 Å². The SMILES string of the molecule is CC(CNCCc1ccco1)NS(=O)(=O)c1ccc2cnccc2c1.Cl. The van der Waals surface area contributed by atoms with Gasteiger partial charge in [-0.2, -0.15) is 0 Å². The van der Waals surface area contributed by atoms with E-state index in [4.69, 9.17) is 4.42 Å². The zero-order chi connectivity index (χ0) is 17.7. The Balaban J connectivity index is 0.00000243. The van der Waals surface area contributed by atoms with E-state index in [1.54, 1.807) is 42.9 Å². The van der Waals surface area contributed by atoms with Gasteiger partial charge < -0.3 is 9.73 Å². The Labute approximate surface area is 159 Å². The number of nitrogens with one attached hydrogen (secondary N) is 2. The summed E-state index contributed by atoms with van der Waals surface area (Å²) in [6, 6.07) is 10.4. The molecule has 1 aromatic carbocycles. The van der Waals surface area contributed by atoms with Gasteiger partial charge in [0, 0.05) is 43.3 Å². The van der Waals surface area contributed by atoms with Crippen LogP contribution in [0.25, 0.3) is 10.8 Å². The number of pyridine rings is 1. The third kappa shape index (κ3) is 5.28. The van der Waals surface area contributed by atoms with Gasteiger partial charge in [0.05, 0.1) is 11.2 Å². The van der Waals surface area contributed by atoms with Crippen LogP contribution in [0.15, 0.2) is 64.4 Å². The van der Waals surface area contributed by atoms with Gasteiger partial charge >= 0.3 is 0 Å². The molecule has 0 fully saturated rings. The molecule has 0 amide bonds. The maximum atomic E-state index is 12.5. The van der Waals surface area contributed by atoms with Crippen LogP contribution >= 0.6 is 12.4 Å². The van der Waals surface area contributed by atoms with Crippen LogP contribution in [0.2, 0.25) is 0 Å². The monoisotopic (exact) mass is 395 g/mol. The van der Waals surface area contributed by atoms with Crippen molar-refractivity contribution in [1.82, 2.24) is 15.0 Å². The molecule has 0 aliphatic carbocycles. The molecule has 8 heteroatoms. The summed E-state index contributed by atoms with van der Waals surface area (Å²) in [6.07, 6.45) is 5.78. The molecule has 0 saturated carbocycles. The van der Waals surface area contributed by atoms with Crippen LogP contribution < -0.4 is 10.0 Å². The van der Waals surface area contributed by atoms with Crippen molar-refractivity contribution < 1.29 is 12.8 Å². The summed E-state index contributed by atoms with van der Waals surface area (Å²) in [5, 5.41) is 4.99. The molecule has 6 nitrogen and oxygen atoms in total.